The fraction of sp³-hybridized carbons (Fsp3) is 0.231. The molecule has 1 amide bonds. The minimum absolute atomic E-state index is 0.0130. The fourth-order valence-electron chi connectivity index (χ4n) is 1.83. The van der Waals surface area contributed by atoms with Crippen LogP contribution in [0.1, 0.15) is 27.3 Å². The smallest absolute Gasteiger partial charge is 0.348 e. The molecule has 0 aliphatic heterocycles. The molecule has 0 bridgehead atoms. The Balaban J connectivity index is 2.16. The van der Waals surface area contributed by atoms with Crippen molar-refractivity contribution in [1.29, 1.82) is 0 Å². The van der Waals surface area contributed by atoms with Gasteiger partial charge in [-0.1, -0.05) is 12.1 Å². The number of hydrogen-bond donors (Lipinski definition) is 2. The second-order valence-electron chi connectivity index (χ2n) is 4.38. The Morgan fingerprint density at radius 1 is 1.38 bits per heavy atom. The number of rotatable bonds is 3. The van der Waals surface area contributed by atoms with E-state index < -0.39 is 29.2 Å². The number of carbonyl (C=O) groups is 1. The second kappa shape index (κ2) is 5.55. The molecule has 21 heavy (non-hydrogen) atoms. The first-order chi connectivity index (χ1) is 9.79. The van der Waals surface area contributed by atoms with Crippen LogP contribution >= 0.6 is 0 Å². The number of halogens is 4. The molecule has 2 aromatic rings. The molecule has 4 nitrogen and oxygen atoms in total. The van der Waals surface area contributed by atoms with Gasteiger partial charge in [0.25, 0.3) is 5.91 Å². The summed E-state index contributed by atoms with van der Waals surface area (Å²) in [6, 6.07) is 5.41. The molecule has 0 atom stereocenters. The Morgan fingerprint density at radius 3 is 2.71 bits per heavy atom. The highest BCUT2D eigenvalue weighted by atomic mass is 19.4. The summed E-state index contributed by atoms with van der Waals surface area (Å²) in [5.41, 5.74) is -1.37. The van der Waals surface area contributed by atoms with Gasteiger partial charge in [-0.15, -0.1) is 0 Å². The number of aryl methyl sites for hydroxylation is 1. The van der Waals surface area contributed by atoms with Crippen molar-refractivity contribution in [2.45, 2.75) is 19.6 Å². The summed E-state index contributed by atoms with van der Waals surface area (Å²) in [5, 5.41) is 7.56. The summed E-state index contributed by atoms with van der Waals surface area (Å²) in [4.78, 5) is 11.9. The number of alkyl halides is 3. The highest BCUT2D eigenvalue weighted by Crippen LogP contribution is 2.31. The average molecular weight is 301 g/mol. The van der Waals surface area contributed by atoms with Gasteiger partial charge >= 0.3 is 6.18 Å². The number of nitrogens with one attached hydrogen (secondary N) is 2. The van der Waals surface area contributed by atoms with Crippen LogP contribution in [0, 0.1) is 12.7 Å². The van der Waals surface area contributed by atoms with E-state index in [-0.39, 0.29) is 12.2 Å². The quantitative estimate of drug-likeness (QED) is 0.857. The molecule has 1 aromatic heterocycles. The molecule has 2 rings (SSSR count). The minimum Gasteiger partial charge on any atom is -0.348 e. The Labute approximate surface area is 117 Å². The number of H-pyrrole nitrogens is 1. The van der Waals surface area contributed by atoms with Crippen LogP contribution in [0.15, 0.2) is 24.3 Å². The lowest BCUT2D eigenvalue weighted by atomic mass is 10.1. The van der Waals surface area contributed by atoms with E-state index >= 15 is 0 Å². The number of aromatic nitrogens is 2. The highest BCUT2D eigenvalue weighted by molar-refractivity contribution is 5.96. The molecular formula is C13H11F4N3O. The van der Waals surface area contributed by atoms with Crippen LogP contribution in [0.2, 0.25) is 0 Å². The van der Waals surface area contributed by atoms with E-state index in [1.54, 1.807) is 6.07 Å². The zero-order valence-electron chi connectivity index (χ0n) is 10.9. The lowest BCUT2D eigenvalue weighted by Gasteiger charge is -2.08. The van der Waals surface area contributed by atoms with E-state index in [1.807, 2.05) is 0 Å². The highest BCUT2D eigenvalue weighted by Gasteiger charge is 2.39. The number of amides is 1. The Bertz CT molecular complexity index is 664. The zero-order chi connectivity index (χ0) is 15.6. The summed E-state index contributed by atoms with van der Waals surface area (Å²) < 4.78 is 51.2. The van der Waals surface area contributed by atoms with Crippen LogP contribution in [0.5, 0.6) is 0 Å². The molecular weight excluding hydrogens is 290 g/mol. The van der Waals surface area contributed by atoms with Crippen LogP contribution in [-0.4, -0.2) is 16.1 Å². The monoisotopic (exact) mass is 301 g/mol. The van der Waals surface area contributed by atoms with Gasteiger partial charge in [-0.05, 0) is 24.6 Å². The maximum atomic E-state index is 13.0. The largest absolute Gasteiger partial charge is 0.435 e. The predicted octanol–water partition coefficient (Wildman–Crippen LogP) is 2.81. The SMILES string of the molecule is Cc1[nH]nc(C(F)(F)F)c1C(=O)NCc1cccc(F)c1. The maximum Gasteiger partial charge on any atom is 0.435 e. The molecule has 112 valence electrons. The van der Waals surface area contributed by atoms with Crippen LogP contribution < -0.4 is 5.32 Å². The second-order valence-corrected chi connectivity index (χ2v) is 4.38. The third-order valence-electron chi connectivity index (χ3n) is 2.78. The van der Waals surface area contributed by atoms with E-state index in [2.05, 4.69) is 15.5 Å². The predicted molar refractivity (Wildman–Crippen MR) is 65.9 cm³/mol. The van der Waals surface area contributed by atoms with Gasteiger partial charge in [0.15, 0.2) is 5.69 Å². The van der Waals surface area contributed by atoms with Gasteiger partial charge in [0.1, 0.15) is 5.82 Å². The van der Waals surface area contributed by atoms with Gasteiger partial charge in [-0.2, -0.15) is 18.3 Å². The van der Waals surface area contributed by atoms with E-state index in [4.69, 9.17) is 0 Å². The lowest BCUT2D eigenvalue weighted by Crippen LogP contribution is -2.26. The van der Waals surface area contributed by atoms with E-state index in [1.165, 1.54) is 25.1 Å². The van der Waals surface area contributed by atoms with Crippen molar-refractivity contribution in [2.75, 3.05) is 0 Å². The van der Waals surface area contributed by atoms with Crippen molar-refractivity contribution in [3.05, 3.63) is 52.6 Å². The van der Waals surface area contributed by atoms with Gasteiger partial charge in [-0.25, -0.2) is 4.39 Å². The Kier molecular flexibility index (Phi) is 3.97. The van der Waals surface area contributed by atoms with E-state index in [0.29, 0.717) is 5.56 Å². The standard InChI is InChI=1S/C13H11F4N3O/c1-7-10(11(20-19-7)13(15,16)17)12(21)18-6-8-3-2-4-9(14)5-8/h2-5H,6H2,1H3,(H,18,21)(H,19,20). The topological polar surface area (TPSA) is 57.8 Å². The van der Waals surface area contributed by atoms with E-state index in [0.717, 1.165) is 0 Å². The fourth-order valence-corrected chi connectivity index (χ4v) is 1.83. The van der Waals surface area contributed by atoms with Gasteiger partial charge < -0.3 is 5.32 Å². The third-order valence-corrected chi connectivity index (χ3v) is 2.78. The number of benzene rings is 1. The first-order valence-electron chi connectivity index (χ1n) is 5.94. The maximum absolute atomic E-state index is 13.0. The number of carbonyl (C=O) groups excluding carboxylic acids is 1. The Hall–Kier alpha value is -2.38. The van der Waals surface area contributed by atoms with Crippen molar-refractivity contribution in [3.8, 4) is 0 Å². The molecule has 1 heterocycles. The first kappa shape index (κ1) is 15.0. The summed E-state index contributed by atoms with van der Waals surface area (Å²) in [7, 11) is 0. The van der Waals surface area contributed by atoms with Gasteiger partial charge in [0.05, 0.1) is 5.56 Å². The normalized spacial score (nSPS) is 11.5. The lowest BCUT2D eigenvalue weighted by molar-refractivity contribution is -0.141. The minimum atomic E-state index is -4.73. The zero-order valence-corrected chi connectivity index (χ0v) is 10.9. The first-order valence-corrected chi connectivity index (χ1v) is 5.94. The number of hydrogen-bond acceptors (Lipinski definition) is 2. The van der Waals surface area contributed by atoms with Crippen LogP contribution in [0.3, 0.4) is 0 Å². The van der Waals surface area contributed by atoms with Crippen LogP contribution in [-0.2, 0) is 12.7 Å². The summed E-state index contributed by atoms with van der Waals surface area (Å²) in [5.74, 6) is -1.41. The molecule has 2 N–H and O–H groups in total. The Morgan fingerprint density at radius 2 is 2.10 bits per heavy atom. The summed E-state index contributed by atoms with van der Waals surface area (Å²) >= 11 is 0. The number of aromatic amines is 1. The van der Waals surface area contributed by atoms with Gasteiger partial charge in [0, 0.05) is 12.2 Å². The molecule has 0 fully saturated rings. The molecule has 1 aromatic carbocycles. The third kappa shape index (κ3) is 3.39. The average Bonchev–Trinajstić information content (AvgIpc) is 2.78. The van der Waals surface area contributed by atoms with Crippen molar-refractivity contribution in [3.63, 3.8) is 0 Å². The molecule has 0 saturated heterocycles. The van der Waals surface area contributed by atoms with Crippen LogP contribution in [0.25, 0.3) is 0 Å². The van der Waals surface area contributed by atoms with E-state index in [9.17, 15) is 22.4 Å². The van der Waals surface area contributed by atoms with Crippen LogP contribution in [0.4, 0.5) is 17.6 Å². The van der Waals surface area contributed by atoms with Crippen molar-refractivity contribution in [2.24, 2.45) is 0 Å². The van der Waals surface area contributed by atoms with Gasteiger partial charge in [0.2, 0.25) is 0 Å². The van der Waals surface area contributed by atoms with Gasteiger partial charge in [-0.3, -0.25) is 9.89 Å². The van der Waals surface area contributed by atoms with Crippen molar-refractivity contribution < 1.29 is 22.4 Å². The number of nitrogens with zero attached hydrogens (tertiary/aromatic N) is 1. The molecule has 0 aliphatic rings. The molecule has 0 unspecified atom stereocenters. The molecule has 0 spiro atoms. The summed E-state index contributed by atoms with van der Waals surface area (Å²) in [6.45, 7) is 1.23. The molecule has 8 heteroatoms. The molecule has 0 radical (unpaired) electrons. The molecule has 0 saturated carbocycles. The summed E-state index contributed by atoms with van der Waals surface area (Å²) in [6.07, 6.45) is -4.73. The van der Waals surface area contributed by atoms with Crippen molar-refractivity contribution in [1.82, 2.24) is 15.5 Å². The van der Waals surface area contributed by atoms with Crippen molar-refractivity contribution >= 4 is 5.91 Å². The molecule has 0 aliphatic carbocycles.